The van der Waals surface area contributed by atoms with Crippen LogP contribution in [-0.4, -0.2) is 33.2 Å². The van der Waals surface area contributed by atoms with Crippen LogP contribution in [0.3, 0.4) is 0 Å². The van der Waals surface area contributed by atoms with Crippen molar-refractivity contribution in [2.24, 2.45) is 0 Å². The van der Waals surface area contributed by atoms with E-state index in [0.717, 1.165) is 43.1 Å². The van der Waals surface area contributed by atoms with Crippen LogP contribution in [0.4, 0.5) is 4.39 Å². The van der Waals surface area contributed by atoms with Crippen LogP contribution in [0, 0.1) is 5.82 Å². The quantitative estimate of drug-likeness (QED) is 0.738. The SMILES string of the molecule is Fc1ccc(OCc2cc(C3CCN(Cc4ccccn4)C3)n[nH]2)cc1. The minimum atomic E-state index is -0.266. The van der Waals surface area contributed by atoms with Gasteiger partial charge in [-0.3, -0.25) is 15.0 Å². The number of nitrogens with one attached hydrogen (secondary N) is 1. The van der Waals surface area contributed by atoms with Gasteiger partial charge < -0.3 is 4.74 Å². The molecule has 0 saturated carbocycles. The van der Waals surface area contributed by atoms with Crippen molar-refractivity contribution in [1.29, 1.82) is 0 Å². The largest absolute Gasteiger partial charge is 0.487 e. The van der Waals surface area contributed by atoms with E-state index in [1.165, 1.54) is 12.1 Å². The highest BCUT2D eigenvalue weighted by molar-refractivity contribution is 5.23. The third-order valence-electron chi connectivity index (χ3n) is 4.66. The van der Waals surface area contributed by atoms with E-state index in [-0.39, 0.29) is 5.82 Å². The van der Waals surface area contributed by atoms with Crippen molar-refractivity contribution < 1.29 is 9.13 Å². The average Bonchev–Trinajstić information content (AvgIpc) is 3.31. The molecule has 1 saturated heterocycles. The zero-order chi connectivity index (χ0) is 17.8. The second kappa shape index (κ2) is 7.66. The number of aromatic nitrogens is 3. The Bertz CT molecular complexity index is 835. The van der Waals surface area contributed by atoms with Gasteiger partial charge in [-0.05, 0) is 55.4 Å². The molecule has 3 heterocycles. The molecule has 0 amide bonds. The normalized spacial score (nSPS) is 17.5. The molecule has 2 aromatic heterocycles. The van der Waals surface area contributed by atoms with Gasteiger partial charge in [0.25, 0.3) is 0 Å². The summed E-state index contributed by atoms with van der Waals surface area (Å²) in [5.74, 6) is 0.803. The number of nitrogens with zero attached hydrogens (tertiary/aromatic N) is 3. The van der Waals surface area contributed by atoms with Crippen LogP contribution in [0.2, 0.25) is 0 Å². The number of aromatic amines is 1. The van der Waals surface area contributed by atoms with Crippen LogP contribution in [0.5, 0.6) is 5.75 Å². The number of H-pyrrole nitrogens is 1. The number of ether oxygens (including phenoxy) is 1. The Morgan fingerprint density at radius 3 is 2.88 bits per heavy atom. The summed E-state index contributed by atoms with van der Waals surface area (Å²) in [7, 11) is 0. The smallest absolute Gasteiger partial charge is 0.130 e. The van der Waals surface area contributed by atoms with E-state index in [0.29, 0.717) is 18.3 Å². The molecular formula is C20H21FN4O. The third kappa shape index (κ3) is 4.08. The van der Waals surface area contributed by atoms with Gasteiger partial charge in [0, 0.05) is 25.2 Å². The summed E-state index contributed by atoms with van der Waals surface area (Å²) < 4.78 is 18.6. The number of likely N-dealkylation sites (tertiary alicyclic amines) is 1. The number of pyridine rings is 1. The van der Waals surface area contributed by atoms with E-state index in [2.05, 4.69) is 32.2 Å². The van der Waals surface area contributed by atoms with E-state index in [1.807, 2.05) is 18.3 Å². The number of rotatable bonds is 6. The molecule has 1 aliphatic heterocycles. The summed E-state index contributed by atoms with van der Waals surface area (Å²) in [6.45, 7) is 3.31. The minimum absolute atomic E-state index is 0.266. The summed E-state index contributed by atoms with van der Waals surface area (Å²) in [4.78, 5) is 6.81. The molecule has 1 atom stereocenters. The van der Waals surface area contributed by atoms with Crippen LogP contribution in [0.1, 0.15) is 29.4 Å². The molecule has 6 heteroatoms. The van der Waals surface area contributed by atoms with E-state index in [4.69, 9.17) is 4.74 Å². The minimum Gasteiger partial charge on any atom is -0.487 e. The number of hydrogen-bond acceptors (Lipinski definition) is 4. The number of benzene rings is 1. The Morgan fingerprint density at radius 2 is 2.08 bits per heavy atom. The summed E-state index contributed by atoms with van der Waals surface area (Å²) in [5, 5.41) is 7.51. The standard InChI is InChI=1S/C20H21FN4O/c21-16-4-6-19(7-5-16)26-14-18-11-20(24-23-18)15-8-10-25(12-15)13-17-3-1-2-9-22-17/h1-7,9,11,15H,8,10,12-14H2,(H,23,24). The van der Waals surface area contributed by atoms with Crippen LogP contribution in [-0.2, 0) is 13.2 Å². The van der Waals surface area contributed by atoms with E-state index in [1.54, 1.807) is 12.1 Å². The topological polar surface area (TPSA) is 54.0 Å². The highest BCUT2D eigenvalue weighted by Crippen LogP contribution is 2.27. The lowest BCUT2D eigenvalue weighted by molar-refractivity contribution is 0.300. The van der Waals surface area contributed by atoms with Crippen molar-refractivity contribution in [2.45, 2.75) is 25.5 Å². The van der Waals surface area contributed by atoms with Crippen molar-refractivity contribution in [2.75, 3.05) is 13.1 Å². The third-order valence-corrected chi connectivity index (χ3v) is 4.66. The first-order chi connectivity index (χ1) is 12.8. The van der Waals surface area contributed by atoms with Gasteiger partial charge in [0.05, 0.1) is 17.1 Å². The molecule has 0 aliphatic carbocycles. The van der Waals surface area contributed by atoms with Crippen LogP contribution in [0.25, 0.3) is 0 Å². The van der Waals surface area contributed by atoms with Gasteiger partial charge in [0.2, 0.25) is 0 Å². The van der Waals surface area contributed by atoms with Crippen molar-refractivity contribution in [3.63, 3.8) is 0 Å². The predicted octanol–water partition coefficient (Wildman–Crippen LogP) is 3.51. The Labute approximate surface area is 151 Å². The van der Waals surface area contributed by atoms with E-state index < -0.39 is 0 Å². The van der Waals surface area contributed by atoms with Gasteiger partial charge in [-0.25, -0.2) is 4.39 Å². The molecule has 1 unspecified atom stereocenters. The molecule has 0 spiro atoms. The molecule has 1 aliphatic rings. The molecule has 3 aromatic rings. The van der Waals surface area contributed by atoms with Crippen molar-refractivity contribution >= 4 is 0 Å². The first-order valence-corrected chi connectivity index (χ1v) is 8.81. The summed E-state index contributed by atoms with van der Waals surface area (Å²) >= 11 is 0. The van der Waals surface area contributed by atoms with Crippen LogP contribution < -0.4 is 4.74 Å². The van der Waals surface area contributed by atoms with Crippen LogP contribution >= 0.6 is 0 Å². The first kappa shape index (κ1) is 16.7. The fourth-order valence-corrected chi connectivity index (χ4v) is 3.29. The van der Waals surface area contributed by atoms with Gasteiger partial charge in [-0.1, -0.05) is 6.07 Å². The monoisotopic (exact) mass is 352 g/mol. The second-order valence-corrected chi connectivity index (χ2v) is 6.60. The number of hydrogen-bond donors (Lipinski definition) is 1. The summed E-state index contributed by atoms with van der Waals surface area (Å²) in [6.07, 6.45) is 2.93. The summed E-state index contributed by atoms with van der Waals surface area (Å²) in [5.41, 5.74) is 3.10. The lowest BCUT2D eigenvalue weighted by atomic mass is 10.1. The van der Waals surface area contributed by atoms with Gasteiger partial charge in [-0.15, -0.1) is 0 Å². The number of halogens is 1. The van der Waals surface area contributed by atoms with Gasteiger partial charge >= 0.3 is 0 Å². The van der Waals surface area contributed by atoms with Gasteiger partial charge in [0.15, 0.2) is 0 Å². The highest BCUT2D eigenvalue weighted by Gasteiger charge is 2.26. The Kier molecular flexibility index (Phi) is 4.93. The maximum Gasteiger partial charge on any atom is 0.130 e. The fourth-order valence-electron chi connectivity index (χ4n) is 3.29. The molecule has 1 N–H and O–H groups in total. The molecule has 26 heavy (non-hydrogen) atoms. The fraction of sp³-hybridized carbons (Fsp3) is 0.300. The van der Waals surface area contributed by atoms with E-state index >= 15 is 0 Å². The molecule has 1 fully saturated rings. The highest BCUT2D eigenvalue weighted by atomic mass is 19.1. The zero-order valence-corrected chi connectivity index (χ0v) is 14.4. The molecule has 0 bridgehead atoms. The Morgan fingerprint density at radius 1 is 1.19 bits per heavy atom. The van der Waals surface area contributed by atoms with Gasteiger partial charge in [-0.2, -0.15) is 5.10 Å². The lowest BCUT2D eigenvalue weighted by Gasteiger charge is -2.14. The van der Waals surface area contributed by atoms with Gasteiger partial charge in [0.1, 0.15) is 18.2 Å². The molecule has 0 radical (unpaired) electrons. The maximum absolute atomic E-state index is 12.9. The Hall–Kier alpha value is -2.73. The maximum atomic E-state index is 12.9. The first-order valence-electron chi connectivity index (χ1n) is 8.81. The predicted molar refractivity (Wildman–Crippen MR) is 96.2 cm³/mol. The average molecular weight is 352 g/mol. The van der Waals surface area contributed by atoms with Crippen molar-refractivity contribution in [3.05, 3.63) is 77.6 Å². The molecular weight excluding hydrogens is 331 g/mol. The summed E-state index contributed by atoms with van der Waals surface area (Å²) in [6, 6.07) is 14.1. The Balaban J connectivity index is 1.31. The van der Waals surface area contributed by atoms with Crippen LogP contribution in [0.15, 0.2) is 54.7 Å². The lowest BCUT2D eigenvalue weighted by Crippen LogP contribution is -2.20. The molecule has 4 rings (SSSR count). The molecule has 134 valence electrons. The molecule has 1 aromatic carbocycles. The second-order valence-electron chi connectivity index (χ2n) is 6.60. The van der Waals surface area contributed by atoms with E-state index in [9.17, 15) is 4.39 Å². The molecule has 5 nitrogen and oxygen atoms in total. The zero-order valence-electron chi connectivity index (χ0n) is 14.4. The van der Waals surface area contributed by atoms with Crippen molar-refractivity contribution in [3.8, 4) is 5.75 Å². The van der Waals surface area contributed by atoms with Crippen molar-refractivity contribution in [1.82, 2.24) is 20.1 Å².